The number of rotatable bonds is 3. The molecule has 4 nitrogen and oxygen atoms in total. The van der Waals surface area contributed by atoms with Gasteiger partial charge in [-0.1, -0.05) is 17.7 Å². The lowest BCUT2D eigenvalue weighted by Crippen LogP contribution is -2.05. The molecule has 5 heteroatoms. The Morgan fingerprint density at radius 2 is 2.33 bits per heavy atom. The van der Waals surface area contributed by atoms with Gasteiger partial charge in [0.25, 0.3) is 0 Å². The van der Waals surface area contributed by atoms with Crippen LogP contribution in [0, 0.1) is 0 Å². The van der Waals surface area contributed by atoms with Crippen LogP contribution in [0.3, 0.4) is 0 Å². The van der Waals surface area contributed by atoms with Crippen LogP contribution < -0.4 is 5.32 Å². The molecule has 0 fully saturated rings. The average molecular weight is 223 g/mol. The number of H-pyrrole nitrogens is 1. The molecule has 0 unspecified atom stereocenters. The Labute approximate surface area is 92.7 Å². The van der Waals surface area contributed by atoms with Crippen molar-refractivity contribution in [3.05, 3.63) is 35.1 Å². The molecule has 2 N–H and O–H groups in total. The van der Waals surface area contributed by atoms with Crippen molar-refractivity contribution in [3.8, 4) is 11.4 Å². The van der Waals surface area contributed by atoms with Crippen molar-refractivity contribution >= 4 is 11.6 Å². The maximum absolute atomic E-state index is 6.16. The molecule has 2 heterocycles. The van der Waals surface area contributed by atoms with Gasteiger partial charge in [-0.2, -0.15) is 5.10 Å². The van der Waals surface area contributed by atoms with Gasteiger partial charge < -0.3 is 5.32 Å². The van der Waals surface area contributed by atoms with E-state index in [9.17, 15) is 0 Å². The summed E-state index contributed by atoms with van der Waals surface area (Å²) in [6.45, 7) is 0.665. The zero-order valence-electron chi connectivity index (χ0n) is 8.29. The smallest absolute Gasteiger partial charge is 0.129 e. The highest BCUT2D eigenvalue weighted by atomic mass is 35.5. The van der Waals surface area contributed by atoms with E-state index < -0.39 is 0 Å². The van der Waals surface area contributed by atoms with E-state index >= 15 is 0 Å². The SMILES string of the molecule is CNCc1[nH]nc(-c2ccccn2)c1Cl. The lowest BCUT2D eigenvalue weighted by Gasteiger charge is -1.97. The summed E-state index contributed by atoms with van der Waals surface area (Å²) < 4.78 is 0. The van der Waals surface area contributed by atoms with Crippen LogP contribution in [0.25, 0.3) is 11.4 Å². The van der Waals surface area contributed by atoms with E-state index in [1.165, 1.54) is 0 Å². The maximum atomic E-state index is 6.16. The van der Waals surface area contributed by atoms with Gasteiger partial charge in [-0.05, 0) is 19.2 Å². The van der Waals surface area contributed by atoms with Crippen molar-refractivity contribution in [2.45, 2.75) is 6.54 Å². The van der Waals surface area contributed by atoms with Crippen molar-refractivity contribution in [2.24, 2.45) is 0 Å². The summed E-state index contributed by atoms with van der Waals surface area (Å²) in [5.74, 6) is 0. The topological polar surface area (TPSA) is 53.6 Å². The van der Waals surface area contributed by atoms with Crippen molar-refractivity contribution in [3.63, 3.8) is 0 Å². The quantitative estimate of drug-likeness (QED) is 0.834. The minimum absolute atomic E-state index is 0.628. The van der Waals surface area contributed by atoms with E-state index in [2.05, 4.69) is 20.5 Å². The predicted molar refractivity (Wildman–Crippen MR) is 59.6 cm³/mol. The Morgan fingerprint density at radius 3 is 3.00 bits per heavy atom. The highest BCUT2D eigenvalue weighted by Gasteiger charge is 2.12. The lowest BCUT2D eigenvalue weighted by molar-refractivity contribution is 0.784. The molecule has 15 heavy (non-hydrogen) atoms. The van der Waals surface area contributed by atoms with E-state index in [0.717, 1.165) is 11.4 Å². The minimum Gasteiger partial charge on any atom is -0.314 e. The molecule has 0 aliphatic rings. The fourth-order valence-corrected chi connectivity index (χ4v) is 1.58. The van der Waals surface area contributed by atoms with Crippen LogP contribution in [0.4, 0.5) is 0 Å². The van der Waals surface area contributed by atoms with Crippen molar-refractivity contribution < 1.29 is 0 Å². The van der Waals surface area contributed by atoms with Crippen molar-refractivity contribution in [2.75, 3.05) is 7.05 Å². The first-order valence-electron chi connectivity index (χ1n) is 4.61. The minimum atomic E-state index is 0.628. The Hall–Kier alpha value is -1.39. The highest BCUT2D eigenvalue weighted by molar-refractivity contribution is 6.33. The zero-order valence-corrected chi connectivity index (χ0v) is 9.04. The Balaban J connectivity index is 2.38. The molecule has 2 aromatic rings. The molecule has 0 radical (unpaired) electrons. The molecule has 2 rings (SSSR count). The molecule has 2 aromatic heterocycles. The van der Waals surface area contributed by atoms with E-state index in [1.54, 1.807) is 6.20 Å². The summed E-state index contributed by atoms with van der Waals surface area (Å²) in [5.41, 5.74) is 2.35. The lowest BCUT2D eigenvalue weighted by atomic mass is 10.2. The van der Waals surface area contributed by atoms with Crippen LogP contribution in [-0.4, -0.2) is 22.2 Å². The van der Waals surface area contributed by atoms with Gasteiger partial charge >= 0.3 is 0 Å². The van der Waals surface area contributed by atoms with Crippen LogP contribution in [-0.2, 0) is 6.54 Å². The molecule has 0 aliphatic carbocycles. The summed E-state index contributed by atoms with van der Waals surface area (Å²) in [6.07, 6.45) is 1.72. The number of nitrogens with one attached hydrogen (secondary N) is 2. The first-order chi connectivity index (χ1) is 7.33. The summed E-state index contributed by atoms with van der Waals surface area (Å²) in [5, 5.41) is 10.7. The van der Waals surface area contributed by atoms with Crippen molar-refractivity contribution in [1.29, 1.82) is 0 Å². The van der Waals surface area contributed by atoms with Gasteiger partial charge in [-0.25, -0.2) is 0 Å². The van der Waals surface area contributed by atoms with Gasteiger partial charge in [0.1, 0.15) is 5.69 Å². The van der Waals surface area contributed by atoms with Gasteiger partial charge in [0.05, 0.1) is 16.4 Å². The Morgan fingerprint density at radius 1 is 1.47 bits per heavy atom. The zero-order chi connectivity index (χ0) is 10.7. The van der Waals surface area contributed by atoms with Gasteiger partial charge in [-0.3, -0.25) is 10.1 Å². The first kappa shape index (κ1) is 10.1. The van der Waals surface area contributed by atoms with Gasteiger partial charge in [-0.15, -0.1) is 0 Å². The van der Waals surface area contributed by atoms with Gasteiger partial charge in [0.15, 0.2) is 0 Å². The molecular formula is C10H11ClN4. The number of pyridine rings is 1. The normalized spacial score (nSPS) is 10.5. The monoisotopic (exact) mass is 222 g/mol. The molecule has 0 bridgehead atoms. The number of aromatic nitrogens is 3. The molecular weight excluding hydrogens is 212 g/mol. The number of hydrogen-bond donors (Lipinski definition) is 2. The van der Waals surface area contributed by atoms with Crippen LogP contribution in [0.2, 0.25) is 5.02 Å². The molecule has 0 aliphatic heterocycles. The van der Waals surface area contributed by atoms with Crippen LogP contribution in [0.5, 0.6) is 0 Å². The maximum Gasteiger partial charge on any atom is 0.129 e. The van der Waals surface area contributed by atoms with E-state index in [-0.39, 0.29) is 0 Å². The molecule has 0 spiro atoms. The largest absolute Gasteiger partial charge is 0.314 e. The van der Waals surface area contributed by atoms with Crippen LogP contribution >= 0.6 is 11.6 Å². The van der Waals surface area contributed by atoms with Crippen molar-refractivity contribution in [1.82, 2.24) is 20.5 Å². The average Bonchev–Trinajstić information content (AvgIpc) is 2.63. The summed E-state index contributed by atoms with van der Waals surface area (Å²) in [7, 11) is 1.86. The predicted octanol–water partition coefficient (Wildman–Crippen LogP) is 1.84. The number of halogens is 1. The fraction of sp³-hybridized carbons (Fsp3) is 0.200. The molecule has 0 saturated carbocycles. The molecule has 78 valence electrons. The molecule has 0 saturated heterocycles. The summed E-state index contributed by atoms with van der Waals surface area (Å²) in [6, 6.07) is 5.65. The first-order valence-corrected chi connectivity index (χ1v) is 4.99. The fourth-order valence-electron chi connectivity index (χ4n) is 1.33. The van der Waals surface area contributed by atoms with Gasteiger partial charge in [0.2, 0.25) is 0 Å². The van der Waals surface area contributed by atoms with Crippen LogP contribution in [0.1, 0.15) is 5.69 Å². The highest BCUT2D eigenvalue weighted by Crippen LogP contribution is 2.26. The standard InChI is InChI=1S/C10H11ClN4/c1-12-6-8-9(11)10(15-14-8)7-4-2-3-5-13-7/h2-5,12H,6H2,1H3,(H,14,15). The number of aromatic amines is 1. The van der Waals surface area contributed by atoms with E-state index in [4.69, 9.17) is 11.6 Å². The third-order valence-corrected chi connectivity index (χ3v) is 2.44. The number of nitrogens with zero attached hydrogens (tertiary/aromatic N) is 2. The molecule has 0 atom stereocenters. The Bertz CT molecular complexity index is 438. The second-order valence-corrected chi connectivity index (χ2v) is 3.49. The van der Waals surface area contributed by atoms with E-state index in [1.807, 2.05) is 25.2 Å². The molecule has 0 amide bonds. The summed E-state index contributed by atoms with van der Waals surface area (Å²) >= 11 is 6.16. The van der Waals surface area contributed by atoms with E-state index in [0.29, 0.717) is 17.3 Å². The molecule has 0 aromatic carbocycles. The van der Waals surface area contributed by atoms with Gasteiger partial charge in [0, 0.05) is 12.7 Å². The third kappa shape index (κ3) is 2.00. The third-order valence-electron chi connectivity index (χ3n) is 2.04. The summed E-state index contributed by atoms with van der Waals surface area (Å²) in [4.78, 5) is 4.20. The van der Waals surface area contributed by atoms with Crippen LogP contribution in [0.15, 0.2) is 24.4 Å². The Kier molecular flexibility index (Phi) is 2.99. The second kappa shape index (κ2) is 4.42. The number of hydrogen-bond acceptors (Lipinski definition) is 3. The second-order valence-electron chi connectivity index (χ2n) is 3.11.